The molecule has 2 aromatic carbocycles. The Balaban J connectivity index is 1.95. The fourth-order valence-electron chi connectivity index (χ4n) is 1.79. The molecule has 1 heteroatoms. The lowest BCUT2D eigenvalue weighted by molar-refractivity contribution is 0.103. The zero-order valence-corrected chi connectivity index (χ0v) is 10.8. The third-order valence-electron chi connectivity index (χ3n) is 2.83. The van der Waals surface area contributed by atoms with E-state index in [0.29, 0.717) is 17.6 Å². The van der Waals surface area contributed by atoms with Gasteiger partial charge in [0, 0.05) is 5.56 Å². The van der Waals surface area contributed by atoms with Crippen molar-refractivity contribution in [3.8, 4) is 0 Å². The molecule has 0 radical (unpaired) electrons. The van der Waals surface area contributed by atoms with Crippen LogP contribution in [0.4, 0.5) is 0 Å². The molecule has 1 nitrogen and oxygen atoms in total. The highest BCUT2D eigenvalue weighted by molar-refractivity contribution is 6.08. The van der Waals surface area contributed by atoms with E-state index in [0.717, 1.165) is 5.56 Å². The average molecular weight is 248 g/mol. The summed E-state index contributed by atoms with van der Waals surface area (Å²) < 4.78 is 0. The Bertz CT molecular complexity index is 580. The maximum atomic E-state index is 12.1. The molecule has 0 aliphatic rings. The molecule has 19 heavy (non-hydrogen) atoms. The summed E-state index contributed by atoms with van der Waals surface area (Å²) in [5.41, 5.74) is 2.43. The summed E-state index contributed by atoms with van der Waals surface area (Å²) >= 11 is 0. The minimum atomic E-state index is 0.0123. The topological polar surface area (TPSA) is 17.1 Å². The van der Waals surface area contributed by atoms with Gasteiger partial charge < -0.3 is 0 Å². The molecule has 0 heterocycles. The zero-order chi connectivity index (χ0) is 13.5. The predicted molar refractivity (Wildman–Crippen MR) is 80.0 cm³/mol. The molecule has 2 rings (SSSR count). The fourth-order valence-corrected chi connectivity index (χ4v) is 1.79. The Hall–Kier alpha value is -2.41. The van der Waals surface area contributed by atoms with Gasteiger partial charge in [0.05, 0.1) is 0 Å². The van der Waals surface area contributed by atoms with E-state index in [9.17, 15) is 4.79 Å². The van der Waals surface area contributed by atoms with Gasteiger partial charge in [-0.3, -0.25) is 4.79 Å². The van der Waals surface area contributed by atoms with Crippen molar-refractivity contribution in [2.75, 3.05) is 0 Å². The highest BCUT2D eigenvalue weighted by atomic mass is 16.1. The zero-order valence-electron chi connectivity index (χ0n) is 10.8. The van der Waals surface area contributed by atoms with E-state index in [1.165, 1.54) is 0 Å². The second-order valence-electron chi connectivity index (χ2n) is 4.32. The number of benzene rings is 2. The number of carbonyl (C=O) groups excluding carboxylic acids is 1. The Morgan fingerprint density at radius 2 is 1.53 bits per heavy atom. The van der Waals surface area contributed by atoms with Crippen molar-refractivity contribution in [1.82, 2.24) is 0 Å². The monoisotopic (exact) mass is 248 g/mol. The lowest BCUT2D eigenvalue weighted by Crippen LogP contribution is -2.01. The molecular formula is C18H16O. The number of allylic oxidation sites excluding steroid dienone is 2. The molecule has 2 aromatic rings. The van der Waals surface area contributed by atoms with E-state index >= 15 is 0 Å². The summed E-state index contributed by atoms with van der Waals surface area (Å²) in [4.78, 5) is 12.1. The van der Waals surface area contributed by atoms with Crippen LogP contribution in [0.25, 0.3) is 6.08 Å². The first-order chi connectivity index (χ1) is 9.27. The Morgan fingerprint density at radius 3 is 2.16 bits per heavy atom. The quantitative estimate of drug-likeness (QED) is 0.561. The number of carbonyl (C=O) groups is 1. The predicted octanol–water partition coefficient (Wildman–Crippen LogP) is 4.53. The highest BCUT2D eigenvalue weighted by Crippen LogP contribution is 2.11. The molecule has 0 saturated heterocycles. The molecule has 0 fully saturated rings. The molecule has 0 unspecified atom stereocenters. The summed E-state index contributed by atoms with van der Waals surface area (Å²) in [5, 5.41) is 0. The normalized spacial score (nSPS) is 10.5. The second-order valence-corrected chi connectivity index (χ2v) is 4.32. The molecule has 94 valence electrons. The van der Waals surface area contributed by atoms with Crippen molar-refractivity contribution in [1.29, 1.82) is 0 Å². The van der Waals surface area contributed by atoms with Crippen LogP contribution in [0.5, 0.6) is 0 Å². The Kier molecular flexibility index (Phi) is 4.46. The van der Waals surface area contributed by atoms with Crippen LogP contribution in [0, 0.1) is 0 Å². The maximum Gasteiger partial charge on any atom is 0.188 e. The van der Waals surface area contributed by atoms with Gasteiger partial charge in [-0.05, 0) is 17.6 Å². The van der Waals surface area contributed by atoms with Crippen LogP contribution < -0.4 is 0 Å². The summed E-state index contributed by atoms with van der Waals surface area (Å²) in [5.74, 6) is 0.0123. The molecule has 0 N–H and O–H groups in total. The first-order valence-corrected chi connectivity index (χ1v) is 6.26. The second kappa shape index (κ2) is 6.50. The molecular weight excluding hydrogens is 232 g/mol. The van der Waals surface area contributed by atoms with E-state index in [1.54, 1.807) is 0 Å². The van der Waals surface area contributed by atoms with Gasteiger partial charge in [-0.2, -0.15) is 0 Å². The standard InChI is InChI=1S/C18H16O/c1-15(18(19)17-13-6-3-7-14-17)9-8-12-16-10-4-2-5-11-16/h2-8,10-14H,1,9H2/b12-8+. The minimum Gasteiger partial charge on any atom is -0.289 e. The van der Waals surface area contributed by atoms with E-state index in [1.807, 2.05) is 72.8 Å². The van der Waals surface area contributed by atoms with Gasteiger partial charge in [-0.1, -0.05) is 79.4 Å². The van der Waals surface area contributed by atoms with Gasteiger partial charge in [0.1, 0.15) is 0 Å². The van der Waals surface area contributed by atoms with Crippen molar-refractivity contribution in [3.63, 3.8) is 0 Å². The Morgan fingerprint density at radius 1 is 0.947 bits per heavy atom. The summed E-state index contributed by atoms with van der Waals surface area (Å²) in [6, 6.07) is 19.3. The van der Waals surface area contributed by atoms with Gasteiger partial charge in [0.2, 0.25) is 0 Å². The van der Waals surface area contributed by atoms with Crippen LogP contribution in [-0.4, -0.2) is 5.78 Å². The molecule has 0 aliphatic carbocycles. The molecule has 0 amide bonds. The van der Waals surface area contributed by atoms with Crippen LogP contribution in [-0.2, 0) is 0 Å². The van der Waals surface area contributed by atoms with Gasteiger partial charge in [0.25, 0.3) is 0 Å². The lowest BCUT2D eigenvalue weighted by Gasteiger charge is -2.01. The van der Waals surface area contributed by atoms with E-state index in [4.69, 9.17) is 0 Å². The Labute approximate surface area is 113 Å². The highest BCUT2D eigenvalue weighted by Gasteiger charge is 2.07. The van der Waals surface area contributed by atoms with E-state index < -0.39 is 0 Å². The van der Waals surface area contributed by atoms with Crippen molar-refractivity contribution >= 4 is 11.9 Å². The minimum absolute atomic E-state index is 0.0123. The third-order valence-corrected chi connectivity index (χ3v) is 2.83. The van der Waals surface area contributed by atoms with Gasteiger partial charge >= 0.3 is 0 Å². The number of Topliss-reactive ketones (excluding diaryl/α,β-unsaturated/α-hetero) is 1. The molecule has 0 spiro atoms. The van der Waals surface area contributed by atoms with Crippen molar-refractivity contribution in [3.05, 3.63) is 90.0 Å². The number of hydrogen-bond donors (Lipinski definition) is 0. The SMILES string of the molecule is C=C(C/C=C/c1ccccc1)C(=O)c1ccccc1. The van der Waals surface area contributed by atoms with Crippen LogP contribution in [0.15, 0.2) is 78.9 Å². The van der Waals surface area contributed by atoms with Crippen LogP contribution in [0.2, 0.25) is 0 Å². The van der Waals surface area contributed by atoms with Gasteiger partial charge in [-0.15, -0.1) is 0 Å². The molecule has 0 aliphatic heterocycles. The summed E-state index contributed by atoms with van der Waals surface area (Å²) in [6.45, 7) is 3.86. The molecule has 0 saturated carbocycles. The van der Waals surface area contributed by atoms with Crippen LogP contribution in [0.1, 0.15) is 22.3 Å². The van der Waals surface area contributed by atoms with Crippen molar-refractivity contribution < 1.29 is 4.79 Å². The smallest absolute Gasteiger partial charge is 0.188 e. The number of ketones is 1. The molecule has 0 atom stereocenters. The van der Waals surface area contributed by atoms with Gasteiger partial charge in [-0.25, -0.2) is 0 Å². The van der Waals surface area contributed by atoms with Crippen molar-refractivity contribution in [2.45, 2.75) is 6.42 Å². The first-order valence-electron chi connectivity index (χ1n) is 6.26. The van der Waals surface area contributed by atoms with Crippen LogP contribution in [0.3, 0.4) is 0 Å². The summed E-state index contributed by atoms with van der Waals surface area (Å²) in [7, 11) is 0. The summed E-state index contributed by atoms with van der Waals surface area (Å²) in [6.07, 6.45) is 4.55. The lowest BCUT2D eigenvalue weighted by atomic mass is 10.0. The van der Waals surface area contributed by atoms with E-state index in [-0.39, 0.29) is 5.78 Å². The molecule has 0 bridgehead atoms. The number of rotatable bonds is 5. The van der Waals surface area contributed by atoms with Crippen molar-refractivity contribution in [2.24, 2.45) is 0 Å². The van der Waals surface area contributed by atoms with Gasteiger partial charge in [0.15, 0.2) is 5.78 Å². The maximum absolute atomic E-state index is 12.1. The largest absolute Gasteiger partial charge is 0.289 e. The average Bonchev–Trinajstić information content (AvgIpc) is 2.48. The fraction of sp³-hybridized carbons (Fsp3) is 0.0556. The van der Waals surface area contributed by atoms with E-state index in [2.05, 4.69) is 6.58 Å². The number of hydrogen-bond acceptors (Lipinski definition) is 1. The first kappa shape index (κ1) is 13.0. The third kappa shape index (κ3) is 3.78. The van der Waals surface area contributed by atoms with Crippen LogP contribution >= 0.6 is 0 Å². The molecule has 0 aromatic heterocycles.